The maximum Gasteiger partial charge on any atom is 0.233 e. The monoisotopic (exact) mass is 446 g/mol. The number of nitrogens with one attached hydrogen (secondary N) is 1. The number of hydrogen-bond acceptors (Lipinski definition) is 5. The van der Waals surface area contributed by atoms with Crippen LogP contribution < -0.4 is 10.1 Å². The van der Waals surface area contributed by atoms with Crippen molar-refractivity contribution in [1.29, 1.82) is 0 Å². The summed E-state index contributed by atoms with van der Waals surface area (Å²) < 4.78 is 7.77. The maximum absolute atomic E-state index is 12.6. The number of amides is 3. The van der Waals surface area contributed by atoms with Crippen LogP contribution in [0.3, 0.4) is 0 Å². The van der Waals surface area contributed by atoms with Gasteiger partial charge in [0.25, 0.3) is 0 Å². The Morgan fingerprint density at radius 1 is 1.06 bits per heavy atom. The van der Waals surface area contributed by atoms with Crippen molar-refractivity contribution >= 4 is 29.1 Å². The number of imidazole rings is 1. The molecule has 1 aliphatic heterocycles. The third kappa shape index (κ3) is 4.46. The van der Waals surface area contributed by atoms with Crippen LogP contribution in [0.1, 0.15) is 37.8 Å². The minimum Gasteiger partial charge on any atom is -0.487 e. The molecule has 2 fully saturated rings. The number of carbonyl (C=O) groups excluding carboxylic acids is 3. The van der Waals surface area contributed by atoms with Gasteiger partial charge < -0.3 is 14.5 Å². The summed E-state index contributed by atoms with van der Waals surface area (Å²) >= 11 is 0. The van der Waals surface area contributed by atoms with E-state index in [1.54, 1.807) is 18.2 Å². The van der Waals surface area contributed by atoms with Crippen molar-refractivity contribution in [2.75, 3.05) is 11.9 Å². The van der Waals surface area contributed by atoms with E-state index in [0.29, 0.717) is 18.0 Å². The van der Waals surface area contributed by atoms with E-state index in [1.165, 1.54) is 4.90 Å². The van der Waals surface area contributed by atoms with Crippen molar-refractivity contribution in [2.45, 2.75) is 38.7 Å². The third-order valence-corrected chi connectivity index (χ3v) is 6.41. The number of benzene rings is 1. The molecular weight excluding hydrogens is 420 g/mol. The standard InChI is InChI=1S/C25H26N4O4/c30-23(11-13-29-24(31)20-8-1-2-9-21(20)25(29)32)27-17-6-5-7-19(14-17)33-16-18-15-28-12-4-3-10-22(28)26-18/h3-7,10,12,14-15,20-21H,1-2,8-9,11,13,16H2,(H,27,30). The molecule has 1 saturated heterocycles. The third-order valence-electron chi connectivity index (χ3n) is 6.41. The second-order valence-corrected chi connectivity index (χ2v) is 8.64. The van der Waals surface area contributed by atoms with Crippen molar-refractivity contribution in [2.24, 2.45) is 11.8 Å². The summed E-state index contributed by atoms with van der Waals surface area (Å²) in [6, 6.07) is 12.9. The Bertz CT molecular complexity index is 1150. The first-order valence-electron chi connectivity index (χ1n) is 11.4. The van der Waals surface area contributed by atoms with Crippen LogP contribution in [-0.4, -0.2) is 38.6 Å². The van der Waals surface area contributed by atoms with Gasteiger partial charge in [0.15, 0.2) is 0 Å². The lowest BCUT2D eigenvalue weighted by molar-refractivity contribution is -0.140. The van der Waals surface area contributed by atoms with E-state index in [9.17, 15) is 14.4 Å². The summed E-state index contributed by atoms with van der Waals surface area (Å²) in [4.78, 5) is 43.4. The van der Waals surface area contributed by atoms with Gasteiger partial charge in [0.05, 0.1) is 17.5 Å². The molecule has 1 aliphatic carbocycles. The molecule has 2 unspecified atom stereocenters. The molecule has 33 heavy (non-hydrogen) atoms. The fourth-order valence-electron chi connectivity index (χ4n) is 4.77. The molecule has 5 rings (SSSR count). The first-order valence-corrected chi connectivity index (χ1v) is 11.4. The van der Waals surface area contributed by atoms with Gasteiger partial charge in [0, 0.05) is 37.1 Å². The van der Waals surface area contributed by atoms with Gasteiger partial charge in [-0.1, -0.05) is 25.0 Å². The average Bonchev–Trinajstić information content (AvgIpc) is 3.35. The number of anilines is 1. The quantitative estimate of drug-likeness (QED) is 0.562. The molecule has 0 spiro atoms. The molecule has 2 aliphatic rings. The fraction of sp³-hybridized carbons (Fsp3) is 0.360. The number of hydrogen-bond donors (Lipinski definition) is 1. The van der Waals surface area contributed by atoms with E-state index in [4.69, 9.17) is 4.74 Å². The van der Waals surface area contributed by atoms with Crippen molar-refractivity contribution < 1.29 is 19.1 Å². The molecule has 0 radical (unpaired) electrons. The Labute approximate surface area is 191 Å². The molecule has 2 atom stereocenters. The molecule has 1 N–H and O–H groups in total. The first kappa shape index (κ1) is 21.2. The van der Waals surface area contributed by atoms with Gasteiger partial charge in [-0.15, -0.1) is 0 Å². The first-order chi connectivity index (χ1) is 16.1. The zero-order valence-corrected chi connectivity index (χ0v) is 18.3. The topological polar surface area (TPSA) is 93.0 Å². The van der Waals surface area contributed by atoms with Gasteiger partial charge in [0.2, 0.25) is 17.7 Å². The molecule has 8 heteroatoms. The summed E-state index contributed by atoms with van der Waals surface area (Å²) in [5.74, 6) is -0.228. The van der Waals surface area contributed by atoms with Crippen LogP contribution in [0.25, 0.3) is 5.65 Å². The number of nitrogens with zero attached hydrogens (tertiary/aromatic N) is 3. The molecule has 170 valence electrons. The normalized spacial score (nSPS) is 20.2. The van der Waals surface area contributed by atoms with Gasteiger partial charge in [-0.2, -0.15) is 0 Å². The van der Waals surface area contributed by atoms with Gasteiger partial charge in [-0.3, -0.25) is 19.3 Å². The Morgan fingerprint density at radius 3 is 2.61 bits per heavy atom. The van der Waals surface area contributed by atoms with Gasteiger partial charge in [-0.25, -0.2) is 4.98 Å². The Hall–Kier alpha value is -3.68. The molecule has 1 saturated carbocycles. The Kier molecular flexibility index (Phi) is 5.81. The fourth-order valence-corrected chi connectivity index (χ4v) is 4.77. The van der Waals surface area contributed by atoms with E-state index >= 15 is 0 Å². The highest BCUT2D eigenvalue weighted by molar-refractivity contribution is 6.05. The lowest BCUT2D eigenvalue weighted by Crippen LogP contribution is -2.34. The van der Waals surface area contributed by atoms with Gasteiger partial charge in [-0.05, 0) is 37.1 Å². The van der Waals surface area contributed by atoms with E-state index in [1.807, 2.05) is 41.1 Å². The number of carbonyl (C=O) groups is 3. The number of ether oxygens (including phenoxy) is 1. The zero-order valence-electron chi connectivity index (χ0n) is 18.3. The minimum atomic E-state index is -0.247. The number of pyridine rings is 1. The second-order valence-electron chi connectivity index (χ2n) is 8.64. The summed E-state index contributed by atoms with van der Waals surface area (Å²) in [7, 11) is 0. The van der Waals surface area contributed by atoms with Crippen LogP contribution in [0.4, 0.5) is 5.69 Å². The maximum atomic E-state index is 12.6. The van der Waals surface area contributed by atoms with Crippen LogP contribution in [0.5, 0.6) is 5.75 Å². The van der Waals surface area contributed by atoms with Crippen molar-refractivity contribution in [3.63, 3.8) is 0 Å². The Balaban J connectivity index is 1.14. The summed E-state index contributed by atoms with van der Waals surface area (Å²) in [6.45, 7) is 0.432. The predicted molar refractivity (Wildman–Crippen MR) is 121 cm³/mol. The molecule has 8 nitrogen and oxygen atoms in total. The van der Waals surface area contributed by atoms with E-state index < -0.39 is 0 Å². The van der Waals surface area contributed by atoms with E-state index in [2.05, 4.69) is 10.3 Å². The number of aromatic nitrogens is 2. The molecule has 3 aromatic rings. The SMILES string of the molecule is O=C(CCN1C(=O)C2CCCCC2C1=O)Nc1cccc(OCc2cn3ccccc3n2)c1. The summed E-state index contributed by atoms with van der Waals surface area (Å²) in [5.41, 5.74) is 2.25. The highest BCUT2D eigenvalue weighted by Gasteiger charge is 2.47. The summed E-state index contributed by atoms with van der Waals surface area (Å²) in [5, 5.41) is 2.83. The van der Waals surface area contributed by atoms with Crippen LogP contribution in [0, 0.1) is 11.8 Å². The van der Waals surface area contributed by atoms with Crippen molar-refractivity contribution in [3.8, 4) is 5.75 Å². The minimum absolute atomic E-state index is 0.0727. The second kappa shape index (κ2) is 9.05. The van der Waals surface area contributed by atoms with E-state index in [-0.39, 0.29) is 42.5 Å². The van der Waals surface area contributed by atoms with E-state index in [0.717, 1.165) is 37.0 Å². The predicted octanol–water partition coefficient (Wildman–Crippen LogP) is 3.42. The molecule has 3 amide bonds. The molecule has 2 aromatic heterocycles. The highest BCUT2D eigenvalue weighted by atomic mass is 16.5. The van der Waals surface area contributed by atoms with Crippen molar-refractivity contribution in [1.82, 2.24) is 14.3 Å². The number of fused-ring (bicyclic) bond motifs is 2. The van der Waals surface area contributed by atoms with Gasteiger partial charge >= 0.3 is 0 Å². The largest absolute Gasteiger partial charge is 0.487 e. The molecule has 1 aromatic carbocycles. The lowest BCUT2D eigenvalue weighted by Gasteiger charge is -2.19. The highest BCUT2D eigenvalue weighted by Crippen LogP contribution is 2.38. The van der Waals surface area contributed by atoms with Gasteiger partial charge in [0.1, 0.15) is 18.0 Å². The van der Waals surface area contributed by atoms with Crippen LogP contribution >= 0.6 is 0 Å². The number of imide groups is 1. The number of rotatable bonds is 7. The smallest absolute Gasteiger partial charge is 0.233 e. The average molecular weight is 447 g/mol. The van der Waals surface area contributed by atoms with Crippen molar-refractivity contribution in [3.05, 3.63) is 60.6 Å². The molecular formula is C25H26N4O4. The van der Waals surface area contributed by atoms with Crippen LogP contribution in [0.15, 0.2) is 54.9 Å². The van der Waals surface area contributed by atoms with Crippen LogP contribution in [-0.2, 0) is 21.0 Å². The lowest BCUT2D eigenvalue weighted by atomic mass is 9.81. The summed E-state index contributed by atoms with van der Waals surface area (Å²) in [6.07, 6.45) is 7.45. The zero-order chi connectivity index (χ0) is 22.8. The van der Waals surface area contributed by atoms with Crippen LogP contribution in [0.2, 0.25) is 0 Å². The molecule has 3 heterocycles. The number of likely N-dealkylation sites (tertiary alicyclic amines) is 1. The molecule has 0 bridgehead atoms. The Morgan fingerprint density at radius 2 is 1.85 bits per heavy atom.